The number of anilines is 1. The molecule has 0 saturated heterocycles. The highest BCUT2D eigenvalue weighted by molar-refractivity contribution is 7.89. The van der Waals surface area contributed by atoms with Gasteiger partial charge in [0, 0.05) is 29.4 Å². The fourth-order valence-corrected chi connectivity index (χ4v) is 4.06. The Morgan fingerprint density at radius 3 is 2.00 bits per heavy atom. The number of halogens is 3. The fourth-order valence-electron chi connectivity index (χ4n) is 2.86. The molecule has 162 valence electrons. The Labute approximate surface area is 184 Å². The minimum Gasteiger partial charge on any atom is -0.308 e. The van der Waals surface area contributed by atoms with Gasteiger partial charge in [0.2, 0.25) is 10.0 Å². The first-order chi connectivity index (χ1) is 14.8. The molecule has 0 bridgehead atoms. The number of carbonyl (C=O) groups excluding carboxylic acids is 1. The van der Waals surface area contributed by atoms with Crippen LogP contribution < -0.4 is 9.62 Å². The van der Waals surface area contributed by atoms with E-state index in [4.69, 9.17) is 11.6 Å². The van der Waals surface area contributed by atoms with Crippen molar-refractivity contribution in [2.75, 3.05) is 18.0 Å². The summed E-state index contributed by atoms with van der Waals surface area (Å²) in [5.74, 6) is -1.33. The molecule has 0 unspecified atom stereocenters. The predicted octanol–water partition coefficient (Wildman–Crippen LogP) is 4.63. The Morgan fingerprint density at radius 1 is 0.871 bits per heavy atom. The molecule has 3 aromatic rings. The van der Waals surface area contributed by atoms with Crippen molar-refractivity contribution >= 4 is 33.2 Å². The molecule has 0 saturated carbocycles. The zero-order valence-corrected chi connectivity index (χ0v) is 17.8. The topological polar surface area (TPSA) is 66.5 Å². The van der Waals surface area contributed by atoms with E-state index in [1.165, 1.54) is 77.7 Å². The SMILES string of the molecule is O=C(c1ccc(F)cc1)N(CCCNS(=O)(=O)c1ccc(Cl)cc1)c1ccc(F)cc1. The number of nitrogens with one attached hydrogen (secondary N) is 1. The highest BCUT2D eigenvalue weighted by atomic mass is 35.5. The summed E-state index contributed by atoms with van der Waals surface area (Å²) in [5, 5.41) is 0.424. The lowest BCUT2D eigenvalue weighted by Gasteiger charge is -2.23. The number of rotatable bonds is 8. The first kappa shape index (κ1) is 22.9. The summed E-state index contributed by atoms with van der Waals surface area (Å²) in [7, 11) is -3.73. The molecule has 3 aromatic carbocycles. The van der Waals surface area contributed by atoms with Gasteiger partial charge in [0.1, 0.15) is 11.6 Å². The maximum Gasteiger partial charge on any atom is 0.258 e. The minimum absolute atomic E-state index is 0.0688. The van der Waals surface area contributed by atoms with Gasteiger partial charge in [-0.3, -0.25) is 4.79 Å². The molecule has 31 heavy (non-hydrogen) atoms. The number of nitrogens with zero attached hydrogens (tertiary/aromatic N) is 1. The summed E-state index contributed by atoms with van der Waals surface area (Å²) in [6, 6.07) is 16.2. The Bertz CT molecular complexity index is 1140. The molecule has 1 N–H and O–H groups in total. The van der Waals surface area contributed by atoms with Gasteiger partial charge in [0.15, 0.2) is 0 Å². The Balaban J connectivity index is 1.70. The van der Waals surface area contributed by atoms with Gasteiger partial charge in [-0.25, -0.2) is 21.9 Å². The second-order valence-electron chi connectivity index (χ2n) is 6.65. The van der Waals surface area contributed by atoms with Crippen LogP contribution in [0.3, 0.4) is 0 Å². The van der Waals surface area contributed by atoms with Gasteiger partial charge in [0.05, 0.1) is 4.90 Å². The van der Waals surface area contributed by atoms with Crippen molar-refractivity contribution < 1.29 is 22.0 Å². The molecule has 1 amide bonds. The molecule has 0 aliphatic carbocycles. The van der Waals surface area contributed by atoms with E-state index < -0.39 is 27.6 Å². The van der Waals surface area contributed by atoms with E-state index in [1.54, 1.807) is 0 Å². The summed E-state index contributed by atoms with van der Waals surface area (Å²) in [6.07, 6.45) is 0.289. The van der Waals surface area contributed by atoms with Crippen molar-refractivity contribution in [2.24, 2.45) is 0 Å². The fraction of sp³-hybridized carbons (Fsp3) is 0.136. The Hall–Kier alpha value is -2.81. The number of hydrogen-bond acceptors (Lipinski definition) is 3. The number of benzene rings is 3. The average molecular weight is 465 g/mol. The standard InChI is InChI=1S/C22H19ClF2N2O3S/c23-17-4-12-21(13-5-17)31(29,30)26-14-1-15-27(20-10-8-19(25)9-11-20)22(28)16-2-6-18(24)7-3-16/h2-13,26H,1,14-15H2. The number of carbonyl (C=O) groups is 1. The normalized spacial score (nSPS) is 11.3. The summed E-state index contributed by atoms with van der Waals surface area (Å²) >= 11 is 5.78. The lowest BCUT2D eigenvalue weighted by Crippen LogP contribution is -2.34. The second-order valence-corrected chi connectivity index (χ2v) is 8.85. The molecule has 9 heteroatoms. The van der Waals surface area contributed by atoms with Gasteiger partial charge in [-0.1, -0.05) is 11.6 Å². The van der Waals surface area contributed by atoms with Crippen LogP contribution in [0.5, 0.6) is 0 Å². The van der Waals surface area contributed by atoms with Crippen LogP contribution >= 0.6 is 11.6 Å². The van der Waals surface area contributed by atoms with Gasteiger partial charge in [-0.15, -0.1) is 0 Å². The molecule has 0 aromatic heterocycles. The van der Waals surface area contributed by atoms with Crippen LogP contribution in [0.2, 0.25) is 5.02 Å². The molecule has 0 fully saturated rings. The van der Waals surface area contributed by atoms with Gasteiger partial charge >= 0.3 is 0 Å². The van der Waals surface area contributed by atoms with Crippen LogP contribution in [-0.4, -0.2) is 27.4 Å². The van der Waals surface area contributed by atoms with Crippen molar-refractivity contribution in [3.63, 3.8) is 0 Å². The first-order valence-electron chi connectivity index (χ1n) is 9.34. The average Bonchev–Trinajstić information content (AvgIpc) is 2.75. The predicted molar refractivity (Wildman–Crippen MR) is 116 cm³/mol. The monoisotopic (exact) mass is 464 g/mol. The van der Waals surface area contributed by atoms with Crippen molar-refractivity contribution in [2.45, 2.75) is 11.3 Å². The molecular weight excluding hydrogens is 446 g/mol. The van der Waals surface area contributed by atoms with Crippen LogP contribution in [0, 0.1) is 11.6 Å². The molecule has 0 aliphatic heterocycles. The van der Waals surface area contributed by atoms with E-state index in [9.17, 15) is 22.0 Å². The lowest BCUT2D eigenvalue weighted by atomic mass is 10.1. The van der Waals surface area contributed by atoms with Crippen LogP contribution in [0.4, 0.5) is 14.5 Å². The van der Waals surface area contributed by atoms with Crippen molar-refractivity contribution in [1.29, 1.82) is 0 Å². The quantitative estimate of drug-likeness (QED) is 0.494. The van der Waals surface area contributed by atoms with E-state index >= 15 is 0 Å². The van der Waals surface area contributed by atoms with E-state index in [0.717, 1.165) is 0 Å². The molecule has 0 heterocycles. The molecule has 0 atom stereocenters. The van der Waals surface area contributed by atoms with Crippen molar-refractivity contribution in [3.8, 4) is 0 Å². The first-order valence-corrected chi connectivity index (χ1v) is 11.2. The smallest absolute Gasteiger partial charge is 0.258 e. The summed E-state index contributed by atoms with van der Waals surface area (Å²) < 4.78 is 53.7. The third-order valence-electron chi connectivity index (χ3n) is 4.45. The Morgan fingerprint density at radius 2 is 1.42 bits per heavy atom. The summed E-state index contributed by atoms with van der Waals surface area (Å²) in [4.78, 5) is 14.4. The zero-order chi connectivity index (χ0) is 22.4. The molecular formula is C22H19ClF2N2O3S. The number of amides is 1. The van der Waals surface area contributed by atoms with Crippen LogP contribution in [0.15, 0.2) is 77.7 Å². The molecule has 0 radical (unpaired) electrons. The van der Waals surface area contributed by atoms with Gasteiger partial charge in [-0.2, -0.15) is 0 Å². The third-order valence-corrected chi connectivity index (χ3v) is 6.18. The Kier molecular flexibility index (Phi) is 7.37. The molecule has 3 rings (SSSR count). The van der Waals surface area contributed by atoms with Gasteiger partial charge in [0.25, 0.3) is 5.91 Å². The van der Waals surface area contributed by atoms with E-state index in [-0.39, 0.29) is 30.0 Å². The highest BCUT2D eigenvalue weighted by Gasteiger charge is 2.19. The number of hydrogen-bond donors (Lipinski definition) is 1. The van der Waals surface area contributed by atoms with Gasteiger partial charge < -0.3 is 4.90 Å². The van der Waals surface area contributed by atoms with Crippen molar-refractivity contribution in [3.05, 3.63) is 95.0 Å². The second kappa shape index (κ2) is 10.00. The largest absolute Gasteiger partial charge is 0.308 e. The number of sulfonamides is 1. The van der Waals surface area contributed by atoms with E-state index in [2.05, 4.69) is 4.72 Å². The summed E-state index contributed by atoms with van der Waals surface area (Å²) in [5.41, 5.74) is 0.698. The van der Waals surface area contributed by atoms with Gasteiger partial charge in [-0.05, 0) is 79.2 Å². The molecule has 0 aliphatic rings. The minimum atomic E-state index is -3.73. The maximum atomic E-state index is 13.3. The van der Waals surface area contributed by atoms with Crippen LogP contribution in [0.1, 0.15) is 16.8 Å². The zero-order valence-electron chi connectivity index (χ0n) is 16.3. The van der Waals surface area contributed by atoms with Crippen LogP contribution in [-0.2, 0) is 10.0 Å². The van der Waals surface area contributed by atoms with E-state index in [0.29, 0.717) is 10.7 Å². The van der Waals surface area contributed by atoms with E-state index in [1.807, 2.05) is 0 Å². The maximum absolute atomic E-state index is 13.3. The molecule has 0 spiro atoms. The highest BCUT2D eigenvalue weighted by Crippen LogP contribution is 2.19. The summed E-state index contributed by atoms with van der Waals surface area (Å²) in [6.45, 7) is 0.227. The van der Waals surface area contributed by atoms with Crippen molar-refractivity contribution in [1.82, 2.24) is 4.72 Å². The third kappa shape index (κ3) is 6.10. The molecule has 5 nitrogen and oxygen atoms in total. The van der Waals surface area contributed by atoms with Crippen LogP contribution in [0.25, 0.3) is 0 Å². The lowest BCUT2D eigenvalue weighted by molar-refractivity contribution is 0.0986.